The Bertz CT molecular complexity index is 696. The molecule has 2 amide bonds. The lowest BCUT2D eigenvalue weighted by molar-refractivity contribution is 0.236. The molecule has 1 heterocycles. The van der Waals surface area contributed by atoms with Gasteiger partial charge in [0.25, 0.3) is 0 Å². The zero-order valence-corrected chi connectivity index (χ0v) is 14.3. The van der Waals surface area contributed by atoms with E-state index in [-0.39, 0.29) is 18.6 Å². The normalized spacial score (nSPS) is 11.9. The van der Waals surface area contributed by atoms with Crippen molar-refractivity contribution in [2.45, 2.75) is 39.8 Å². The van der Waals surface area contributed by atoms with Crippen LogP contribution in [0, 0.1) is 19.7 Å². The summed E-state index contributed by atoms with van der Waals surface area (Å²) in [6, 6.07) is 3.78. The number of hydrogen-bond acceptors (Lipinski definition) is 4. The molecular formula is C17H22FN3O3. The molecule has 2 aromatic rings. The van der Waals surface area contributed by atoms with Crippen LogP contribution in [0.3, 0.4) is 0 Å². The van der Waals surface area contributed by atoms with E-state index in [9.17, 15) is 9.18 Å². The molecule has 0 aliphatic carbocycles. The van der Waals surface area contributed by atoms with Crippen LogP contribution in [0.25, 0.3) is 0 Å². The van der Waals surface area contributed by atoms with E-state index in [1.165, 1.54) is 19.2 Å². The third-order valence-electron chi connectivity index (χ3n) is 3.77. The SMILES string of the molecule is CC[C@H](NC(=O)NCc1cc(F)cc(OC)c1)c1c(C)noc1C. The van der Waals surface area contributed by atoms with Crippen LogP contribution in [-0.4, -0.2) is 18.3 Å². The van der Waals surface area contributed by atoms with Gasteiger partial charge in [-0.25, -0.2) is 9.18 Å². The maximum absolute atomic E-state index is 13.5. The predicted octanol–water partition coefficient (Wildman–Crippen LogP) is 3.39. The summed E-state index contributed by atoms with van der Waals surface area (Å²) in [5.74, 6) is 0.692. The van der Waals surface area contributed by atoms with Gasteiger partial charge in [-0.1, -0.05) is 12.1 Å². The van der Waals surface area contributed by atoms with E-state index in [2.05, 4.69) is 15.8 Å². The van der Waals surface area contributed by atoms with Crippen molar-refractivity contribution in [2.75, 3.05) is 7.11 Å². The zero-order chi connectivity index (χ0) is 17.7. The highest BCUT2D eigenvalue weighted by molar-refractivity contribution is 5.74. The van der Waals surface area contributed by atoms with Crippen molar-refractivity contribution in [1.29, 1.82) is 0 Å². The number of aryl methyl sites for hydroxylation is 2. The van der Waals surface area contributed by atoms with Crippen LogP contribution >= 0.6 is 0 Å². The van der Waals surface area contributed by atoms with Crippen LogP contribution in [0.5, 0.6) is 5.75 Å². The van der Waals surface area contributed by atoms with Gasteiger partial charge < -0.3 is 19.9 Å². The summed E-state index contributed by atoms with van der Waals surface area (Å²) in [6.45, 7) is 5.82. The maximum atomic E-state index is 13.5. The average Bonchev–Trinajstić information content (AvgIpc) is 2.89. The van der Waals surface area contributed by atoms with E-state index < -0.39 is 5.82 Å². The number of aromatic nitrogens is 1. The Labute approximate surface area is 140 Å². The first kappa shape index (κ1) is 17.8. The quantitative estimate of drug-likeness (QED) is 0.848. The smallest absolute Gasteiger partial charge is 0.315 e. The molecule has 0 aliphatic heterocycles. The summed E-state index contributed by atoms with van der Waals surface area (Å²) in [5, 5.41) is 9.52. The van der Waals surface area contributed by atoms with Gasteiger partial charge in [0, 0.05) is 18.2 Å². The number of carbonyl (C=O) groups is 1. The maximum Gasteiger partial charge on any atom is 0.315 e. The number of amides is 2. The highest BCUT2D eigenvalue weighted by Gasteiger charge is 2.20. The first-order valence-electron chi connectivity index (χ1n) is 7.75. The molecule has 0 spiro atoms. The van der Waals surface area contributed by atoms with Crippen LogP contribution in [-0.2, 0) is 6.54 Å². The standard InChI is InChI=1S/C17H22FN3O3/c1-5-15(16-10(2)21-24-11(16)3)20-17(22)19-9-12-6-13(18)8-14(7-12)23-4/h6-8,15H,5,9H2,1-4H3,(H2,19,20,22)/t15-/m0/s1. The second-order valence-electron chi connectivity index (χ2n) is 5.53. The van der Waals surface area contributed by atoms with Crippen molar-refractivity contribution in [3.63, 3.8) is 0 Å². The van der Waals surface area contributed by atoms with Crippen molar-refractivity contribution in [2.24, 2.45) is 0 Å². The Morgan fingerprint density at radius 1 is 1.38 bits per heavy atom. The first-order chi connectivity index (χ1) is 11.4. The van der Waals surface area contributed by atoms with Gasteiger partial charge in [-0.15, -0.1) is 0 Å². The molecule has 0 saturated heterocycles. The van der Waals surface area contributed by atoms with Crippen LogP contribution in [0.15, 0.2) is 22.7 Å². The monoisotopic (exact) mass is 335 g/mol. The largest absolute Gasteiger partial charge is 0.497 e. The van der Waals surface area contributed by atoms with Crippen LogP contribution in [0.4, 0.5) is 9.18 Å². The number of halogens is 1. The molecule has 0 fully saturated rings. The summed E-state index contributed by atoms with van der Waals surface area (Å²) >= 11 is 0. The number of rotatable bonds is 6. The number of urea groups is 1. The highest BCUT2D eigenvalue weighted by atomic mass is 19.1. The lowest BCUT2D eigenvalue weighted by Gasteiger charge is -2.17. The molecule has 0 unspecified atom stereocenters. The molecule has 2 rings (SSSR count). The van der Waals surface area contributed by atoms with Crippen molar-refractivity contribution in [3.8, 4) is 5.75 Å². The van der Waals surface area contributed by atoms with Crippen molar-refractivity contribution < 1.29 is 18.4 Å². The lowest BCUT2D eigenvalue weighted by atomic mass is 10.0. The Morgan fingerprint density at radius 3 is 2.71 bits per heavy atom. The zero-order valence-electron chi connectivity index (χ0n) is 14.3. The highest BCUT2D eigenvalue weighted by Crippen LogP contribution is 2.23. The molecule has 1 aromatic heterocycles. The van der Waals surface area contributed by atoms with Gasteiger partial charge in [-0.05, 0) is 38.0 Å². The van der Waals surface area contributed by atoms with E-state index in [1.54, 1.807) is 6.07 Å². The van der Waals surface area contributed by atoms with Gasteiger partial charge in [-0.2, -0.15) is 0 Å². The van der Waals surface area contributed by atoms with Crippen molar-refractivity contribution >= 4 is 6.03 Å². The lowest BCUT2D eigenvalue weighted by Crippen LogP contribution is -2.37. The number of carbonyl (C=O) groups excluding carboxylic acids is 1. The van der Waals surface area contributed by atoms with Crippen LogP contribution in [0.2, 0.25) is 0 Å². The molecule has 6 nitrogen and oxygen atoms in total. The molecule has 7 heteroatoms. The Kier molecular flexibility index (Phi) is 5.78. The number of ether oxygens (including phenoxy) is 1. The molecule has 130 valence electrons. The number of nitrogens with one attached hydrogen (secondary N) is 2. The summed E-state index contributed by atoms with van der Waals surface area (Å²) in [6.07, 6.45) is 0.699. The third kappa shape index (κ3) is 4.24. The van der Waals surface area contributed by atoms with E-state index >= 15 is 0 Å². The summed E-state index contributed by atoms with van der Waals surface area (Å²) < 4.78 is 23.6. The fourth-order valence-electron chi connectivity index (χ4n) is 2.60. The second kappa shape index (κ2) is 7.81. The number of methoxy groups -OCH3 is 1. The van der Waals surface area contributed by atoms with Crippen molar-refractivity contribution in [3.05, 3.63) is 46.6 Å². The minimum Gasteiger partial charge on any atom is -0.497 e. The fourth-order valence-corrected chi connectivity index (χ4v) is 2.60. The van der Waals surface area contributed by atoms with Gasteiger partial charge in [0.2, 0.25) is 0 Å². The Balaban J connectivity index is 1.99. The topological polar surface area (TPSA) is 76.4 Å². The van der Waals surface area contributed by atoms with Gasteiger partial charge in [0.05, 0.1) is 18.8 Å². The molecule has 0 aliphatic rings. The molecular weight excluding hydrogens is 313 g/mol. The minimum atomic E-state index is -0.409. The Hall–Kier alpha value is -2.57. The predicted molar refractivity (Wildman–Crippen MR) is 87.3 cm³/mol. The van der Waals surface area contributed by atoms with Gasteiger partial charge in [-0.3, -0.25) is 0 Å². The minimum absolute atomic E-state index is 0.192. The summed E-state index contributed by atoms with van der Waals surface area (Å²) in [5.41, 5.74) is 2.27. The van der Waals surface area contributed by atoms with Crippen LogP contribution < -0.4 is 15.4 Å². The van der Waals surface area contributed by atoms with E-state index in [1.807, 2.05) is 20.8 Å². The van der Waals surface area contributed by atoms with E-state index in [4.69, 9.17) is 9.26 Å². The number of nitrogens with zero attached hydrogens (tertiary/aromatic N) is 1. The van der Waals surface area contributed by atoms with E-state index in [0.29, 0.717) is 23.5 Å². The van der Waals surface area contributed by atoms with Crippen molar-refractivity contribution in [1.82, 2.24) is 15.8 Å². The van der Waals surface area contributed by atoms with Gasteiger partial charge in [0.1, 0.15) is 17.3 Å². The first-order valence-corrected chi connectivity index (χ1v) is 7.75. The van der Waals surface area contributed by atoms with Crippen LogP contribution in [0.1, 0.15) is 42.0 Å². The molecule has 24 heavy (non-hydrogen) atoms. The van der Waals surface area contributed by atoms with E-state index in [0.717, 1.165) is 11.3 Å². The molecule has 1 aromatic carbocycles. The summed E-state index contributed by atoms with van der Waals surface area (Å²) in [4.78, 5) is 12.1. The number of hydrogen-bond donors (Lipinski definition) is 2. The Morgan fingerprint density at radius 2 is 2.12 bits per heavy atom. The molecule has 2 N–H and O–H groups in total. The fraction of sp³-hybridized carbons (Fsp3) is 0.412. The second-order valence-corrected chi connectivity index (χ2v) is 5.53. The average molecular weight is 335 g/mol. The molecule has 1 atom stereocenters. The van der Waals surface area contributed by atoms with Gasteiger partial charge >= 0.3 is 6.03 Å². The third-order valence-corrected chi connectivity index (χ3v) is 3.77. The molecule has 0 bridgehead atoms. The number of benzene rings is 1. The molecule has 0 radical (unpaired) electrons. The molecule has 0 saturated carbocycles. The summed E-state index contributed by atoms with van der Waals surface area (Å²) in [7, 11) is 1.47. The van der Waals surface area contributed by atoms with Gasteiger partial charge in [0.15, 0.2) is 0 Å².